The number of ether oxygens (including phenoxy) is 1. The number of esters is 1. The molecule has 0 bridgehead atoms. The fourth-order valence-corrected chi connectivity index (χ4v) is 4.68. The number of aliphatic hydroxyl groups excluding tert-OH is 3. The predicted molar refractivity (Wildman–Crippen MR) is 114 cm³/mol. The minimum Gasteiger partial charge on any atom is -0.459 e. The minimum atomic E-state index is -1.71. The van der Waals surface area contributed by atoms with E-state index in [2.05, 4.69) is 0 Å². The molecule has 0 spiro atoms. The fourth-order valence-electron chi connectivity index (χ4n) is 4.68. The lowest BCUT2D eigenvalue weighted by Gasteiger charge is -2.42. The molecule has 1 heterocycles. The topological polar surface area (TPSA) is 131 Å². The van der Waals surface area contributed by atoms with Gasteiger partial charge in [0.15, 0.2) is 0 Å². The molecule has 1 aliphatic heterocycles. The van der Waals surface area contributed by atoms with Gasteiger partial charge in [-0.15, -0.1) is 0 Å². The Morgan fingerprint density at radius 2 is 1.60 bits per heavy atom. The summed E-state index contributed by atoms with van der Waals surface area (Å²) in [5.41, 5.74) is -3.19. The third-order valence-corrected chi connectivity index (χ3v) is 6.95. The first-order chi connectivity index (χ1) is 13.6. The lowest BCUT2D eigenvalue weighted by Crippen LogP contribution is -2.59. The van der Waals surface area contributed by atoms with Crippen molar-refractivity contribution in [2.75, 3.05) is 13.6 Å². The zero-order valence-corrected chi connectivity index (χ0v) is 19.7. The van der Waals surface area contributed by atoms with Gasteiger partial charge in [-0.05, 0) is 53.5 Å². The number of rotatable bonds is 1. The lowest BCUT2D eigenvalue weighted by atomic mass is 9.78. The summed E-state index contributed by atoms with van der Waals surface area (Å²) in [5.74, 6) is -2.56. The third-order valence-electron chi connectivity index (χ3n) is 6.95. The van der Waals surface area contributed by atoms with Crippen LogP contribution in [0, 0.1) is 17.8 Å². The molecule has 0 unspecified atom stereocenters. The number of carbonyl (C=O) groups excluding carboxylic acids is 1. The molecule has 0 radical (unpaired) electrons. The van der Waals surface area contributed by atoms with Crippen LogP contribution in [0.5, 0.6) is 0 Å². The van der Waals surface area contributed by atoms with E-state index >= 15 is 0 Å². The number of hydrogen-bond acceptors (Lipinski definition) is 8. The van der Waals surface area contributed by atoms with E-state index in [1.54, 1.807) is 20.8 Å². The molecule has 30 heavy (non-hydrogen) atoms. The molecule has 5 N–H and O–H groups in total. The van der Waals surface area contributed by atoms with Gasteiger partial charge >= 0.3 is 5.97 Å². The molecule has 8 heteroatoms. The van der Waals surface area contributed by atoms with Crippen LogP contribution in [0.3, 0.4) is 0 Å². The normalized spacial score (nSPS) is 48.5. The van der Waals surface area contributed by atoms with Crippen LogP contribution in [-0.2, 0) is 9.53 Å². The van der Waals surface area contributed by atoms with Crippen molar-refractivity contribution in [1.29, 1.82) is 0 Å². The summed E-state index contributed by atoms with van der Waals surface area (Å²) in [7, 11) is 1.81. The predicted octanol–water partition coefficient (Wildman–Crippen LogP) is 0.525. The van der Waals surface area contributed by atoms with Crippen molar-refractivity contribution in [2.45, 2.75) is 103 Å². The van der Waals surface area contributed by atoms with Gasteiger partial charge in [0.05, 0.1) is 23.7 Å². The zero-order valence-electron chi connectivity index (χ0n) is 19.7. The average molecular weight is 434 g/mol. The summed E-state index contributed by atoms with van der Waals surface area (Å²) < 4.78 is 5.51. The summed E-state index contributed by atoms with van der Waals surface area (Å²) >= 11 is 0. The highest BCUT2D eigenvalue weighted by Crippen LogP contribution is 2.32. The van der Waals surface area contributed by atoms with E-state index in [1.165, 1.54) is 20.8 Å². The van der Waals surface area contributed by atoms with Gasteiger partial charge in [-0.1, -0.05) is 20.8 Å². The maximum absolute atomic E-state index is 12.7. The summed E-state index contributed by atoms with van der Waals surface area (Å²) in [4.78, 5) is 14.6. The largest absolute Gasteiger partial charge is 0.459 e. The van der Waals surface area contributed by atoms with Crippen molar-refractivity contribution in [2.24, 2.45) is 17.8 Å². The molecule has 0 saturated carbocycles. The van der Waals surface area contributed by atoms with Crippen molar-refractivity contribution in [3.63, 3.8) is 0 Å². The van der Waals surface area contributed by atoms with E-state index in [1.807, 2.05) is 18.9 Å². The summed E-state index contributed by atoms with van der Waals surface area (Å²) in [5, 5.41) is 54.3. The van der Waals surface area contributed by atoms with Gasteiger partial charge in [0, 0.05) is 18.5 Å². The third kappa shape index (κ3) is 5.93. The van der Waals surface area contributed by atoms with E-state index in [-0.39, 0.29) is 18.8 Å². The average Bonchev–Trinajstić information content (AvgIpc) is 2.66. The van der Waals surface area contributed by atoms with Crippen LogP contribution in [0.25, 0.3) is 0 Å². The maximum Gasteiger partial charge on any atom is 0.311 e. The Morgan fingerprint density at radius 1 is 1.07 bits per heavy atom. The van der Waals surface area contributed by atoms with Crippen LogP contribution in [-0.4, -0.2) is 91.7 Å². The van der Waals surface area contributed by atoms with E-state index in [9.17, 15) is 30.3 Å². The molecule has 1 aliphatic rings. The molecule has 0 aromatic rings. The van der Waals surface area contributed by atoms with E-state index in [4.69, 9.17) is 4.74 Å². The van der Waals surface area contributed by atoms with Gasteiger partial charge in [0.25, 0.3) is 0 Å². The highest BCUT2D eigenvalue weighted by molar-refractivity contribution is 5.73. The van der Waals surface area contributed by atoms with Crippen LogP contribution >= 0.6 is 0 Å². The van der Waals surface area contributed by atoms with Crippen molar-refractivity contribution >= 4 is 5.97 Å². The van der Waals surface area contributed by atoms with Crippen LogP contribution < -0.4 is 0 Å². The maximum atomic E-state index is 12.7. The Hall–Kier alpha value is -0.770. The van der Waals surface area contributed by atoms with Crippen molar-refractivity contribution in [1.82, 2.24) is 4.90 Å². The lowest BCUT2D eigenvalue weighted by molar-refractivity contribution is -0.193. The van der Waals surface area contributed by atoms with Crippen LogP contribution in [0.15, 0.2) is 0 Å². The van der Waals surface area contributed by atoms with E-state index in [0.29, 0.717) is 6.54 Å². The monoisotopic (exact) mass is 433 g/mol. The van der Waals surface area contributed by atoms with Crippen molar-refractivity contribution in [3.8, 4) is 0 Å². The van der Waals surface area contributed by atoms with Gasteiger partial charge in [-0.3, -0.25) is 4.79 Å². The molecule has 0 aromatic carbocycles. The first-order valence-corrected chi connectivity index (χ1v) is 11.0. The molecular formula is C22H43NO7. The van der Waals surface area contributed by atoms with E-state index < -0.39 is 59.5 Å². The molecule has 10 atom stereocenters. The minimum absolute atomic E-state index is 0.0500. The highest BCUT2D eigenvalue weighted by Gasteiger charge is 2.47. The molecule has 0 aromatic heterocycles. The first-order valence-electron chi connectivity index (χ1n) is 11.0. The second-order valence-corrected chi connectivity index (χ2v) is 9.93. The number of aliphatic hydroxyl groups is 5. The molecule has 8 nitrogen and oxygen atoms in total. The van der Waals surface area contributed by atoms with Gasteiger partial charge in [-0.2, -0.15) is 0 Å². The zero-order chi connectivity index (χ0) is 23.6. The second-order valence-electron chi connectivity index (χ2n) is 9.93. The number of cyclic esters (lactones) is 1. The van der Waals surface area contributed by atoms with Gasteiger partial charge < -0.3 is 35.2 Å². The Kier molecular flexibility index (Phi) is 9.30. The standard InChI is InChI=1S/C22H43NO7/c1-9-16-22(7,29)19(26)15(5)23(8)11-12(2)10-21(6,28)18(25)13(3)17(24)14(4)20(27)30-16/h12-19,24-26,28-29H,9-11H2,1-8H3/t12-,13+,14-,15-,16-,17+,18-,19-,21-,22-/m1/s1. The molecule has 1 fully saturated rings. The Morgan fingerprint density at radius 3 is 2.10 bits per heavy atom. The number of nitrogens with zero attached hydrogens (tertiary/aromatic N) is 1. The van der Waals surface area contributed by atoms with Crippen LogP contribution in [0.2, 0.25) is 0 Å². The molecule has 178 valence electrons. The van der Waals surface area contributed by atoms with Gasteiger partial charge in [-0.25, -0.2) is 0 Å². The SMILES string of the molecule is CC[C@H]1OC(=O)[C@H](C)[C@@H](O)[C@H](C)[C@@H](O)[C@](C)(O)C[C@@H](C)CN(C)[C@H](C)[C@@H](O)[C@]1(C)O. The number of likely N-dealkylation sites (N-methyl/N-ethyl adjacent to an activating group) is 1. The Bertz CT molecular complexity index is 568. The number of hydrogen-bond donors (Lipinski definition) is 5. The molecule has 0 aliphatic carbocycles. The quantitative estimate of drug-likeness (QED) is 0.379. The fraction of sp³-hybridized carbons (Fsp3) is 0.955. The molecule has 1 rings (SSSR count). The van der Waals surface area contributed by atoms with Crippen molar-refractivity contribution < 1.29 is 35.1 Å². The second kappa shape index (κ2) is 10.2. The molecular weight excluding hydrogens is 390 g/mol. The van der Waals surface area contributed by atoms with Crippen molar-refractivity contribution in [3.05, 3.63) is 0 Å². The van der Waals surface area contributed by atoms with Gasteiger partial charge in [0.1, 0.15) is 17.8 Å². The first kappa shape index (κ1) is 27.3. The van der Waals surface area contributed by atoms with Crippen LogP contribution in [0.1, 0.15) is 61.3 Å². The Labute approximate surface area is 180 Å². The highest BCUT2D eigenvalue weighted by atomic mass is 16.6. The molecule has 1 saturated heterocycles. The van der Waals surface area contributed by atoms with E-state index in [0.717, 1.165) is 0 Å². The van der Waals surface area contributed by atoms with Gasteiger partial charge in [0.2, 0.25) is 0 Å². The Balaban J connectivity index is 3.36. The van der Waals surface area contributed by atoms with Crippen LogP contribution in [0.4, 0.5) is 0 Å². The summed E-state index contributed by atoms with van der Waals surface area (Å²) in [6, 6.07) is -0.461. The smallest absolute Gasteiger partial charge is 0.311 e. The molecule has 0 amide bonds. The summed E-state index contributed by atoms with van der Waals surface area (Å²) in [6.07, 6.45) is -4.16. The number of carbonyl (C=O) groups is 1. The summed E-state index contributed by atoms with van der Waals surface area (Å²) in [6.45, 7) is 12.0.